The molecule has 1 aromatic carbocycles. The van der Waals surface area contributed by atoms with Gasteiger partial charge in [0.15, 0.2) is 0 Å². The largest absolute Gasteiger partial charge is 0.496 e. The lowest BCUT2D eigenvalue weighted by Gasteiger charge is -2.13. The van der Waals surface area contributed by atoms with Crippen molar-refractivity contribution in [2.75, 3.05) is 13.7 Å². The van der Waals surface area contributed by atoms with E-state index >= 15 is 0 Å². The van der Waals surface area contributed by atoms with Crippen molar-refractivity contribution in [3.8, 4) is 5.75 Å². The summed E-state index contributed by atoms with van der Waals surface area (Å²) in [7, 11) is 1.75. The van der Waals surface area contributed by atoms with Gasteiger partial charge in [-0.25, -0.2) is 0 Å². The standard InChI is InChI=1S/C15H25NO/c1-5-16-13(3)7-6-8-14-11-12(2)9-10-15(14)17-4/h9-11,13,16H,5-8H2,1-4H3. The van der Waals surface area contributed by atoms with E-state index in [2.05, 4.69) is 44.3 Å². The van der Waals surface area contributed by atoms with Crippen molar-refractivity contribution in [3.05, 3.63) is 29.3 Å². The van der Waals surface area contributed by atoms with Crippen LogP contribution in [0.5, 0.6) is 5.75 Å². The molecule has 0 aliphatic heterocycles. The van der Waals surface area contributed by atoms with Gasteiger partial charge in [-0.15, -0.1) is 0 Å². The quantitative estimate of drug-likeness (QED) is 0.782. The Morgan fingerprint density at radius 1 is 1.35 bits per heavy atom. The summed E-state index contributed by atoms with van der Waals surface area (Å²) in [6, 6.07) is 7.01. The van der Waals surface area contributed by atoms with Gasteiger partial charge in [0.1, 0.15) is 5.75 Å². The topological polar surface area (TPSA) is 21.3 Å². The molecule has 0 fully saturated rings. The first-order valence-corrected chi connectivity index (χ1v) is 6.54. The number of rotatable bonds is 7. The summed E-state index contributed by atoms with van der Waals surface area (Å²) in [5, 5.41) is 3.44. The van der Waals surface area contributed by atoms with Gasteiger partial charge in [-0.05, 0) is 51.3 Å². The van der Waals surface area contributed by atoms with Crippen LogP contribution in [0.1, 0.15) is 37.8 Å². The molecule has 0 aliphatic carbocycles. The number of nitrogens with one attached hydrogen (secondary N) is 1. The lowest BCUT2D eigenvalue weighted by molar-refractivity contribution is 0.407. The molecule has 0 aliphatic rings. The molecule has 1 rings (SSSR count). The Hall–Kier alpha value is -1.02. The minimum absolute atomic E-state index is 0.607. The lowest BCUT2D eigenvalue weighted by atomic mass is 10.0. The molecule has 1 N–H and O–H groups in total. The number of hydrogen-bond donors (Lipinski definition) is 1. The molecule has 0 bridgehead atoms. The van der Waals surface area contributed by atoms with Gasteiger partial charge in [0.2, 0.25) is 0 Å². The first-order chi connectivity index (χ1) is 8.17. The predicted molar refractivity (Wildman–Crippen MR) is 73.8 cm³/mol. The van der Waals surface area contributed by atoms with Crippen molar-refractivity contribution in [1.29, 1.82) is 0 Å². The first-order valence-electron chi connectivity index (χ1n) is 6.54. The van der Waals surface area contributed by atoms with Crippen LogP contribution in [-0.4, -0.2) is 19.7 Å². The smallest absolute Gasteiger partial charge is 0.122 e. The second kappa shape index (κ2) is 7.33. The van der Waals surface area contributed by atoms with Gasteiger partial charge in [-0.3, -0.25) is 0 Å². The third kappa shape index (κ3) is 4.78. The minimum Gasteiger partial charge on any atom is -0.496 e. The Morgan fingerprint density at radius 2 is 2.12 bits per heavy atom. The van der Waals surface area contributed by atoms with Gasteiger partial charge in [0.25, 0.3) is 0 Å². The van der Waals surface area contributed by atoms with Crippen LogP contribution in [0.25, 0.3) is 0 Å². The van der Waals surface area contributed by atoms with Crippen LogP contribution in [0.4, 0.5) is 0 Å². The van der Waals surface area contributed by atoms with Crippen LogP contribution in [-0.2, 0) is 6.42 Å². The second-order valence-corrected chi connectivity index (χ2v) is 4.67. The Bertz CT molecular complexity index is 336. The van der Waals surface area contributed by atoms with Crippen molar-refractivity contribution in [2.45, 2.75) is 46.1 Å². The molecule has 0 saturated carbocycles. The molecule has 2 nitrogen and oxygen atoms in total. The maximum absolute atomic E-state index is 5.39. The fourth-order valence-corrected chi connectivity index (χ4v) is 2.15. The molecule has 1 atom stereocenters. The van der Waals surface area contributed by atoms with Crippen molar-refractivity contribution < 1.29 is 4.74 Å². The Morgan fingerprint density at radius 3 is 2.76 bits per heavy atom. The second-order valence-electron chi connectivity index (χ2n) is 4.67. The molecule has 0 saturated heterocycles. The van der Waals surface area contributed by atoms with E-state index in [1.807, 2.05) is 0 Å². The summed E-state index contributed by atoms with van der Waals surface area (Å²) in [4.78, 5) is 0. The molecule has 0 heterocycles. The fourth-order valence-electron chi connectivity index (χ4n) is 2.15. The first kappa shape index (κ1) is 14.0. The third-order valence-corrected chi connectivity index (χ3v) is 3.07. The summed E-state index contributed by atoms with van der Waals surface area (Å²) in [5.74, 6) is 1.02. The van der Waals surface area contributed by atoms with Crippen LogP contribution in [0.3, 0.4) is 0 Å². The van der Waals surface area contributed by atoms with Crippen LogP contribution in [0.15, 0.2) is 18.2 Å². The van der Waals surface area contributed by atoms with E-state index in [0.29, 0.717) is 6.04 Å². The van der Waals surface area contributed by atoms with E-state index in [1.54, 1.807) is 7.11 Å². The van der Waals surface area contributed by atoms with Crippen LogP contribution in [0, 0.1) is 6.92 Å². The molecule has 0 radical (unpaired) electrons. The highest BCUT2D eigenvalue weighted by Gasteiger charge is 2.05. The number of ether oxygens (including phenoxy) is 1. The van der Waals surface area contributed by atoms with Crippen molar-refractivity contribution >= 4 is 0 Å². The minimum atomic E-state index is 0.607. The van der Waals surface area contributed by atoms with Crippen molar-refractivity contribution in [2.24, 2.45) is 0 Å². The summed E-state index contributed by atoms with van der Waals surface area (Å²) in [6.07, 6.45) is 3.51. The average Bonchev–Trinajstić information content (AvgIpc) is 2.30. The van der Waals surface area contributed by atoms with Gasteiger partial charge in [0.05, 0.1) is 7.11 Å². The van der Waals surface area contributed by atoms with Crippen LogP contribution >= 0.6 is 0 Å². The molecule has 96 valence electrons. The van der Waals surface area contributed by atoms with Crippen molar-refractivity contribution in [3.63, 3.8) is 0 Å². The Kier molecular flexibility index (Phi) is 6.06. The van der Waals surface area contributed by atoms with E-state index in [1.165, 1.54) is 24.0 Å². The average molecular weight is 235 g/mol. The Labute approximate surface area is 105 Å². The summed E-state index contributed by atoms with van der Waals surface area (Å²) < 4.78 is 5.39. The van der Waals surface area contributed by atoms with Crippen LogP contribution in [0.2, 0.25) is 0 Å². The summed E-state index contributed by atoms with van der Waals surface area (Å²) in [5.41, 5.74) is 2.64. The number of aryl methyl sites for hydroxylation is 2. The molecule has 17 heavy (non-hydrogen) atoms. The highest BCUT2D eigenvalue weighted by Crippen LogP contribution is 2.21. The zero-order valence-electron chi connectivity index (χ0n) is 11.5. The zero-order chi connectivity index (χ0) is 12.7. The summed E-state index contributed by atoms with van der Waals surface area (Å²) >= 11 is 0. The van der Waals surface area contributed by atoms with Crippen LogP contribution < -0.4 is 10.1 Å². The molecule has 0 amide bonds. The van der Waals surface area contributed by atoms with E-state index in [0.717, 1.165) is 18.7 Å². The van der Waals surface area contributed by atoms with E-state index < -0.39 is 0 Å². The third-order valence-electron chi connectivity index (χ3n) is 3.07. The molecule has 2 heteroatoms. The predicted octanol–water partition coefficient (Wildman–Crippen LogP) is 3.32. The molecule has 1 unspecified atom stereocenters. The van der Waals surface area contributed by atoms with Crippen molar-refractivity contribution in [1.82, 2.24) is 5.32 Å². The molecule has 0 spiro atoms. The molecular formula is C15H25NO. The zero-order valence-corrected chi connectivity index (χ0v) is 11.5. The van der Waals surface area contributed by atoms with E-state index in [4.69, 9.17) is 4.74 Å². The molecule has 1 aromatic rings. The van der Waals surface area contributed by atoms with Gasteiger partial charge in [0, 0.05) is 6.04 Å². The maximum atomic E-state index is 5.39. The van der Waals surface area contributed by atoms with Gasteiger partial charge >= 0.3 is 0 Å². The van der Waals surface area contributed by atoms with Gasteiger partial charge in [-0.1, -0.05) is 24.6 Å². The number of benzene rings is 1. The summed E-state index contributed by atoms with van der Waals surface area (Å²) in [6.45, 7) is 7.58. The van der Waals surface area contributed by atoms with E-state index in [9.17, 15) is 0 Å². The highest BCUT2D eigenvalue weighted by atomic mass is 16.5. The van der Waals surface area contributed by atoms with Gasteiger partial charge in [-0.2, -0.15) is 0 Å². The number of hydrogen-bond acceptors (Lipinski definition) is 2. The Balaban J connectivity index is 2.48. The molecular weight excluding hydrogens is 210 g/mol. The fraction of sp³-hybridized carbons (Fsp3) is 0.600. The normalized spacial score (nSPS) is 12.5. The number of methoxy groups -OCH3 is 1. The SMILES string of the molecule is CCNC(C)CCCc1cc(C)ccc1OC. The lowest BCUT2D eigenvalue weighted by Crippen LogP contribution is -2.25. The monoisotopic (exact) mass is 235 g/mol. The van der Waals surface area contributed by atoms with Gasteiger partial charge < -0.3 is 10.1 Å². The maximum Gasteiger partial charge on any atom is 0.122 e. The van der Waals surface area contributed by atoms with E-state index in [-0.39, 0.29) is 0 Å². The molecule has 0 aromatic heterocycles. The highest BCUT2D eigenvalue weighted by molar-refractivity contribution is 5.36.